The number of amides is 1. The number of carbonyl (C=O) groups is 1. The molecule has 0 saturated carbocycles. The highest BCUT2D eigenvalue weighted by molar-refractivity contribution is 6.31. The molecule has 4 rings (SSSR count). The van der Waals surface area contributed by atoms with Crippen molar-refractivity contribution in [2.24, 2.45) is 0 Å². The fourth-order valence-corrected chi connectivity index (χ4v) is 3.84. The van der Waals surface area contributed by atoms with Crippen molar-refractivity contribution in [1.82, 2.24) is 25.5 Å². The Kier molecular flexibility index (Phi) is 7.19. The summed E-state index contributed by atoms with van der Waals surface area (Å²) in [6.45, 7) is 3.80. The maximum atomic E-state index is 12.5. The number of aryl methyl sites for hydroxylation is 1. The zero-order valence-corrected chi connectivity index (χ0v) is 19.2. The van der Waals surface area contributed by atoms with Crippen LogP contribution in [-0.2, 0) is 6.54 Å². The molecule has 0 unspecified atom stereocenters. The number of anilines is 1. The van der Waals surface area contributed by atoms with Gasteiger partial charge in [0.25, 0.3) is 5.91 Å². The summed E-state index contributed by atoms with van der Waals surface area (Å²) >= 11 is 6.09. The normalized spacial score (nSPS) is 14.1. The van der Waals surface area contributed by atoms with Crippen LogP contribution < -0.4 is 19.7 Å². The number of ether oxygens (including phenoxy) is 2. The van der Waals surface area contributed by atoms with Gasteiger partial charge in [-0.1, -0.05) is 11.6 Å². The number of hydrogen-bond acceptors (Lipinski definition) is 8. The van der Waals surface area contributed by atoms with E-state index in [2.05, 4.69) is 30.4 Å². The molecule has 3 aromatic rings. The highest BCUT2D eigenvalue weighted by Crippen LogP contribution is 2.24. The van der Waals surface area contributed by atoms with Gasteiger partial charge < -0.3 is 19.7 Å². The van der Waals surface area contributed by atoms with Gasteiger partial charge in [-0.05, 0) is 36.2 Å². The quantitative estimate of drug-likeness (QED) is 0.564. The molecular formula is C23H25ClN6O3. The molecule has 0 radical (unpaired) electrons. The minimum atomic E-state index is -0.301. The van der Waals surface area contributed by atoms with E-state index < -0.39 is 0 Å². The van der Waals surface area contributed by atoms with E-state index in [4.69, 9.17) is 21.1 Å². The smallest absolute Gasteiger partial charge is 0.272 e. The summed E-state index contributed by atoms with van der Waals surface area (Å²) in [7, 11) is 1.58. The predicted octanol–water partition coefficient (Wildman–Crippen LogP) is 3.21. The number of methoxy groups -OCH3 is 1. The molecule has 0 atom stereocenters. The van der Waals surface area contributed by atoms with Crippen molar-refractivity contribution in [3.63, 3.8) is 0 Å². The van der Waals surface area contributed by atoms with E-state index in [1.807, 2.05) is 13.0 Å². The summed E-state index contributed by atoms with van der Waals surface area (Å²) in [5, 5.41) is 11.8. The first-order valence-corrected chi connectivity index (χ1v) is 11.0. The van der Waals surface area contributed by atoms with E-state index in [9.17, 15) is 4.79 Å². The number of aromatic nitrogens is 4. The minimum Gasteiger partial charge on any atom is -0.489 e. The Morgan fingerprint density at radius 3 is 2.70 bits per heavy atom. The second-order valence-electron chi connectivity index (χ2n) is 7.73. The molecule has 10 heteroatoms. The molecule has 33 heavy (non-hydrogen) atoms. The molecular weight excluding hydrogens is 444 g/mol. The standard InChI is InChI=1S/C23H25ClN6O3/c1-15-11-20(23(31)27-12-16-5-8-25-14-19(16)24)28-29-22(15)30-9-6-17(7-10-30)33-18-3-4-21(32-2)26-13-18/h3-5,8,11,13-14,17H,6-7,9-10,12H2,1-2H3,(H,27,31). The molecule has 1 saturated heterocycles. The molecule has 0 bridgehead atoms. The van der Waals surface area contributed by atoms with Crippen molar-refractivity contribution in [1.29, 1.82) is 0 Å². The summed E-state index contributed by atoms with van der Waals surface area (Å²) in [6, 6.07) is 7.17. The number of piperidine rings is 1. The number of carbonyl (C=O) groups excluding carboxylic acids is 1. The number of hydrogen-bond donors (Lipinski definition) is 1. The molecule has 3 aromatic heterocycles. The molecule has 1 aliphatic heterocycles. The predicted molar refractivity (Wildman–Crippen MR) is 124 cm³/mol. The lowest BCUT2D eigenvalue weighted by atomic mass is 10.1. The van der Waals surface area contributed by atoms with E-state index in [1.165, 1.54) is 0 Å². The Morgan fingerprint density at radius 2 is 2.03 bits per heavy atom. The summed E-state index contributed by atoms with van der Waals surface area (Å²) in [5.74, 6) is 1.77. The van der Waals surface area contributed by atoms with Gasteiger partial charge in [0, 0.05) is 50.9 Å². The Bertz CT molecular complexity index is 1100. The molecule has 172 valence electrons. The average molecular weight is 469 g/mol. The van der Waals surface area contributed by atoms with Crippen LogP contribution >= 0.6 is 11.6 Å². The fraction of sp³-hybridized carbons (Fsp3) is 0.348. The molecule has 1 N–H and O–H groups in total. The van der Waals surface area contributed by atoms with Crippen molar-refractivity contribution in [3.05, 3.63) is 64.7 Å². The monoisotopic (exact) mass is 468 g/mol. The molecule has 0 aromatic carbocycles. The van der Waals surface area contributed by atoms with Crippen LogP contribution in [0.15, 0.2) is 42.9 Å². The van der Waals surface area contributed by atoms with Crippen molar-refractivity contribution in [3.8, 4) is 11.6 Å². The maximum Gasteiger partial charge on any atom is 0.272 e. The molecule has 9 nitrogen and oxygen atoms in total. The first kappa shape index (κ1) is 22.7. The molecule has 1 fully saturated rings. The SMILES string of the molecule is COc1ccc(OC2CCN(c3nnc(C(=O)NCc4ccncc4Cl)cc3C)CC2)cn1. The van der Waals surface area contributed by atoms with Crippen LogP contribution in [0.25, 0.3) is 0 Å². The zero-order valence-electron chi connectivity index (χ0n) is 18.5. The summed E-state index contributed by atoms with van der Waals surface area (Å²) in [6.07, 6.45) is 6.66. The third kappa shape index (κ3) is 5.67. The fourth-order valence-electron chi connectivity index (χ4n) is 3.65. The summed E-state index contributed by atoms with van der Waals surface area (Å²) in [5.41, 5.74) is 1.96. The lowest BCUT2D eigenvalue weighted by Gasteiger charge is -2.33. The Labute approximate surface area is 197 Å². The lowest BCUT2D eigenvalue weighted by Crippen LogP contribution is -2.39. The van der Waals surface area contributed by atoms with Crippen molar-refractivity contribution < 1.29 is 14.3 Å². The van der Waals surface area contributed by atoms with Crippen LogP contribution in [0.4, 0.5) is 5.82 Å². The number of nitrogens with one attached hydrogen (secondary N) is 1. The van der Waals surface area contributed by atoms with Gasteiger partial charge in [0.05, 0.1) is 18.3 Å². The third-order valence-electron chi connectivity index (χ3n) is 5.45. The summed E-state index contributed by atoms with van der Waals surface area (Å²) < 4.78 is 11.1. The number of nitrogens with zero attached hydrogens (tertiary/aromatic N) is 5. The molecule has 0 aliphatic carbocycles. The Morgan fingerprint density at radius 1 is 1.21 bits per heavy atom. The maximum absolute atomic E-state index is 12.5. The summed E-state index contributed by atoms with van der Waals surface area (Å²) in [4.78, 5) is 22.8. The van der Waals surface area contributed by atoms with E-state index in [-0.39, 0.29) is 17.7 Å². The van der Waals surface area contributed by atoms with Crippen LogP contribution in [0.2, 0.25) is 5.02 Å². The zero-order chi connectivity index (χ0) is 23.2. The minimum absolute atomic E-state index is 0.106. The highest BCUT2D eigenvalue weighted by Gasteiger charge is 2.23. The van der Waals surface area contributed by atoms with Gasteiger partial charge in [0.2, 0.25) is 5.88 Å². The molecule has 0 spiro atoms. The molecule has 4 heterocycles. The van der Waals surface area contributed by atoms with Crippen LogP contribution in [0.1, 0.15) is 34.5 Å². The largest absolute Gasteiger partial charge is 0.489 e. The lowest BCUT2D eigenvalue weighted by molar-refractivity contribution is 0.0945. The van der Waals surface area contributed by atoms with E-state index >= 15 is 0 Å². The number of rotatable bonds is 7. The first-order chi connectivity index (χ1) is 16.0. The first-order valence-electron chi connectivity index (χ1n) is 10.7. The van der Waals surface area contributed by atoms with Crippen molar-refractivity contribution in [2.45, 2.75) is 32.4 Å². The molecule has 1 aliphatic rings. The molecule has 1 amide bonds. The third-order valence-corrected chi connectivity index (χ3v) is 5.79. The Balaban J connectivity index is 1.31. The van der Waals surface area contributed by atoms with E-state index in [1.54, 1.807) is 43.9 Å². The van der Waals surface area contributed by atoms with Crippen LogP contribution in [0.5, 0.6) is 11.6 Å². The van der Waals surface area contributed by atoms with Gasteiger partial charge in [-0.3, -0.25) is 9.78 Å². The van der Waals surface area contributed by atoms with Crippen molar-refractivity contribution >= 4 is 23.3 Å². The number of pyridine rings is 2. The average Bonchev–Trinajstić information content (AvgIpc) is 2.84. The van der Waals surface area contributed by atoms with E-state index in [0.29, 0.717) is 17.4 Å². The highest BCUT2D eigenvalue weighted by atomic mass is 35.5. The van der Waals surface area contributed by atoms with Crippen LogP contribution in [0.3, 0.4) is 0 Å². The van der Waals surface area contributed by atoms with Crippen LogP contribution in [-0.4, -0.2) is 52.4 Å². The second-order valence-corrected chi connectivity index (χ2v) is 8.13. The Hall–Kier alpha value is -3.46. The van der Waals surface area contributed by atoms with Gasteiger partial charge in [-0.15, -0.1) is 10.2 Å². The second kappa shape index (κ2) is 10.4. The number of halogens is 1. The van der Waals surface area contributed by atoms with Gasteiger partial charge in [-0.2, -0.15) is 0 Å². The topological polar surface area (TPSA) is 102 Å². The van der Waals surface area contributed by atoms with Gasteiger partial charge >= 0.3 is 0 Å². The van der Waals surface area contributed by atoms with Gasteiger partial charge in [0.15, 0.2) is 11.5 Å². The van der Waals surface area contributed by atoms with Crippen molar-refractivity contribution in [2.75, 3.05) is 25.1 Å². The van der Waals surface area contributed by atoms with Gasteiger partial charge in [0.1, 0.15) is 11.9 Å². The van der Waals surface area contributed by atoms with E-state index in [0.717, 1.165) is 48.6 Å². The van der Waals surface area contributed by atoms with Crippen LogP contribution in [0, 0.1) is 6.92 Å². The van der Waals surface area contributed by atoms with Gasteiger partial charge in [-0.25, -0.2) is 4.98 Å².